The molecule has 1 unspecified atom stereocenters. The number of ether oxygens (including phenoxy) is 3. The van der Waals surface area contributed by atoms with Crippen molar-refractivity contribution in [3.8, 4) is 0 Å². The molecule has 1 atom stereocenters. The van der Waals surface area contributed by atoms with Crippen LogP contribution in [0.15, 0.2) is 29.2 Å². The summed E-state index contributed by atoms with van der Waals surface area (Å²) in [7, 11) is 1.66. The molecule has 0 aromatic heterocycles. The predicted molar refractivity (Wildman–Crippen MR) is 83.3 cm³/mol. The number of rotatable bonds is 11. The van der Waals surface area contributed by atoms with Gasteiger partial charge in [0.25, 0.3) is 0 Å². The largest absolute Gasteiger partial charge is 0.382 e. The first-order chi connectivity index (χ1) is 9.74. The maximum absolute atomic E-state index is 5.82. The molecule has 0 radical (unpaired) electrons. The lowest BCUT2D eigenvalue weighted by molar-refractivity contribution is 0.0286. The molecule has 1 aromatic rings. The third kappa shape index (κ3) is 7.87. The zero-order valence-corrected chi connectivity index (χ0v) is 13.2. The zero-order valence-electron chi connectivity index (χ0n) is 12.3. The molecule has 0 aliphatic rings. The average molecular weight is 299 g/mol. The first-order valence-corrected chi connectivity index (χ1v) is 7.85. The van der Waals surface area contributed by atoms with Crippen LogP contribution in [0.4, 0.5) is 0 Å². The van der Waals surface area contributed by atoms with Crippen LogP contribution in [0.3, 0.4) is 0 Å². The van der Waals surface area contributed by atoms with Crippen LogP contribution < -0.4 is 5.73 Å². The van der Waals surface area contributed by atoms with Gasteiger partial charge in [-0.25, -0.2) is 0 Å². The number of methoxy groups -OCH3 is 1. The molecule has 5 heteroatoms. The molecule has 0 spiro atoms. The molecule has 1 rings (SSSR count). The van der Waals surface area contributed by atoms with Gasteiger partial charge in [-0.2, -0.15) is 0 Å². The van der Waals surface area contributed by atoms with Gasteiger partial charge in [-0.05, 0) is 24.6 Å². The summed E-state index contributed by atoms with van der Waals surface area (Å²) >= 11 is 1.79. The lowest BCUT2D eigenvalue weighted by Crippen LogP contribution is -2.09. The quantitative estimate of drug-likeness (QED) is 0.502. The Morgan fingerprint density at radius 1 is 1.00 bits per heavy atom. The minimum absolute atomic E-state index is 0.0930. The Labute approximate surface area is 126 Å². The number of hydrogen-bond acceptors (Lipinski definition) is 5. The average Bonchev–Trinajstić information content (AvgIpc) is 2.46. The zero-order chi connectivity index (χ0) is 14.6. The van der Waals surface area contributed by atoms with Crippen LogP contribution in [-0.4, -0.2) is 45.9 Å². The summed E-state index contributed by atoms with van der Waals surface area (Å²) in [6.45, 7) is 5.23. The van der Waals surface area contributed by atoms with Crippen molar-refractivity contribution >= 4 is 11.8 Å². The maximum Gasteiger partial charge on any atom is 0.0701 e. The molecule has 0 bridgehead atoms. The van der Waals surface area contributed by atoms with E-state index in [2.05, 4.69) is 24.3 Å². The van der Waals surface area contributed by atoms with Crippen molar-refractivity contribution in [2.75, 3.05) is 45.9 Å². The van der Waals surface area contributed by atoms with Crippen LogP contribution in [0, 0.1) is 0 Å². The summed E-state index contributed by atoms with van der Waals surface area (Å²) in [5.41, 5.74) is 6.98. The van der Waals surface area contributed by atoms with E-state index in [1.165, 1.54) is 10.5 Å². The summed E-state index contributed by atoms with van der Waals surface area (Å²) in [6.07, 6.45) is 0. The van der Waals surface area contributed by atoms with Crippen LogP contribution in [0.1, 0.15) is 18.5 Å². The first-order valence-electron chi connectivity index (χ1n) is 6.87. The second-order valence-corrected chi connectivity index (χ2v) is 5.59. The fourth-order valence-corrected chi connectivity index (χ4v) is 2.32. The van der Waals surface area contributed by atoms with Gasteiger partial charge in [0.1, 0.15) is 0 Å². The monoisotopic (exact) mass is 299 g/mol. The summed E-state index contributed by atoms with van der Waals surface area (Å²) in [6, 6.07) is 8.47. The van der Waals surface area contributed by atoms with Crippen molar-refractivity contribution in [3.05, 3.63) is 29.8 Å². The van der Waals surface area contributed by atoms with Gasteiger partial charge in [-0.3, -0.25) is 0 Å². The van der Waals surface area contributed by atoms with Crippen molar-refractivity contribution in [1.82, 2.24) is 0 Å². The standard InChI is InChI=1S/C15H25NO3S/c1-13(16)14-3-5-15(6-4-14)20-12-11-19-10-9-18-8-7-17-2/h3-6,13H,7-12,16H2,1-2H3. The van der Waals surface area contributed by atoms with Gasteiger partial charge in [-0.1, -0.05) is 12.1 Å². The summed E-state index contributed by atoms with van der Waals surface area (Å²) < 4.78 is 15.7. The van der Waals surface area contributed by atoms with Gasteiger partial charge < -0.3 is 19.9 Å². The fourth-order valence-electron chi connectivity index (χ4n) is 1.55. The van der Waals surface area contributed by atoms with E-state index in [1.54, 1.807) is 18.9 Å². The highest BCUT2D eigenvalue weighted by molar-refractivity contribution is 7.99. The van der Waals surface area contributed by atoms with E-state index in [1.807, 2.05) is 6.92 Å². The molecule has 0 saturated carbocycles. The van der Waals surface area contributed by atoms with Gasteiger partial charge in [0.2, 0.25) is 0 Å². The van der Waals surface area contributed by atoms with Gasteiger partial charge in [-0.15, -0.1) is 11.8 Å². The molecular weight excluding hydrogens is 274 g/mol. The molecule has 20 heavy (non-hydrogen) atoms. The SMILES string of the molecule is COCCOCCOCCSc1ccc(C(C)N)cc1. The smallest absolute Gasteiger partial charge is 0.0701 e. The van der Waals surface area contributed by atoms with Crippen LogP contribution in [0.5, 0.6) is 0 Å². The highest BCUT2D eigenvalue weighted by Crippen LogP contribution is 2.20. The van der Waals surface area contributed by atoms with Crippen molar-refractivity contribution in [2.24, 2.45) is 5.73 Å². The molecule has 0 fully saturated rings. The molecule has 0 heterocycles. The topological polar surface area (TPSA) is 53.7 Å². The molecule has 0 aliphatic carbocycles. The van der Waals surface area contributed by atoms with E-state index in [9.17, 15) is 0 Å². The van der Waals surface area contributed by atoms with Gasteiger partial charge in [0, 0.05) is 23.8 Å². The Hall–Kier alpha value is -0.590. The summed E-state index contributed by atoms with van der Waals surface area (Å²) in [5.74, 6) is 0.940. The summed E-state index contributed by atoms with van der Waals surface area (Å²) in [5, 5.41) is 0. The van der Waals surface area contributed by atoms with Crippen LogP contribution in [0.25, 0.3) is 0 Å². The van der Waals surface area contributed by atoms with E-state index in [0.29, 0.717) is 26.4 Å². The third-order valence-electron chi connectivity index (χ3n) is 2.71. The first kappa shape index (κ1) is 17.5. The van der Waals surface area contributed by atoms with Crippen LogP contribution >= 0.6 is 11.8 Å². The molecule has 0 amide bonds. The summed E-state index contributed by atoms with van der Waals surface area (Å²) in [4.78, 5) is 1.24. The highest BCUT2D eigenvalue weighted by Gasteiger charge is 1.99. The van der Waals surface area contributed by atoms with Crippen molar-refractivity contribution in [1.29, 1.82) is 0 Å². The molecule has 114 valence electrons. The van der Waals surface area contributed by atoms with E-state index in [4.69, 9.17) is 19.9 Å². The predicted octanol–water partition coefficient (Wildman–Crippen LogP) is 2.48. The molecule has 1 aromatic carbocycles. The second-order valence-electron chi connectivity index (χ2n) is 4.42. The Balaban J connectivity index is 2.01. The number of benzene rings is 1. The highest BCUT2D eigenvalue weighted by atomic mass is 32.2. The third-order valence-corrected chi connectivity index (χ3v) is 3.68. The molecule has 0 saturated heterocycles. The van der Waals surface area contributed by atoms with Gasteiger partial charge in [0.05, 0.1) is 33.0 Å². The van der Waals surface area contributed by atoms with Gasteiger partial charge in [0.15, 0.2) is 0 Å². The normalized spacial score (nSPS) is 12.6. The maximum atomic E-state index is 5.82. The second kappa shape index (κ2) is 11.1. The Morgan fingerprint density at radius 3 is 2.20 bits per heavy atom. The number of nitrogens with two attached hydrogens (primary N) is 1. The molecule has 4 nitrogen and oxygen atoms in total. The fraction of sp³-hybridized carbons (Fsp3) is 0.600. The van der Waals surface area contributed by atoms with Crippen molar-refractivity contribution in [3.63, 3.8) is 0 Å². The number of hydrogen-bond donors (Lipinski definition) is 1. The van der Waals surface area contributed by atoms with Crippen molar-refractivity contribution < 1.29 is 14.2 Å². The van der Waals surface area contributed by atoms with Crippen molar-refractivity contribution in [2.45, 2.75) is 17.9 Å². The van der Waals surface area contributed by atoms with Crippen LogP contribution in [-0.2, 0) is 14.2 Å². The molecule has 2 N–H and O–H groups in total. The van der Waals surface area contributed by atoms with E-state index < -0.39 is 0 Å². The lowest BCUT2D eigenvalue weighted by Gasteiger charge is -2.07. The lowest BCUT2D eigenvalue weighted by atomic mass is 10.1. The Bertz CT molecular complexity index is 343. The Kier molecular flexibility index (Phi) is 9.70. The molecular formula is C15H25NO3S. The van der Waals surface area contributed by atoms with Crippen LogP contribution in [0.2, 0.25) is 0 Å². The van der Waals surface area contributed by atoms with E-state index >= 15 is 0 Å². The van der Waals surface area contributed by atoms with E-state index in [-0.39, 0.29) is 6.04 Å². The van der Waals surface area contributed by atoms with E-state index in [0.717, 1.165) is 12.4 Å². The minimum atomic E-state index is 0.0930. The number of thioether (sulfide) groups is 1. The molecule has 0 aliphatic heterocycles. The Morgan fingerprint density at radius 2 is 1.60 bits per heavy atom. The van der Waals surface area contributed by atoms with Gasteiger partial charge >= 0.3 is 0 Å². The minimum Gasteiger partial charge on any atom is -0.382 e.